The fourth-order valence-corrected chi connectivity index (χ4v) is 5.13. The van der Waals surface area contributed by atoms with E-state index in [9.17, 15) is 8.42 Å². The molecule has 0 spiro atoms. The molecule has 0 aromatic carbocycles. The zero-order valence-corrected chi connectivity index (χ0v) is 13.4. The molecule has 1 unspecified atom stereocenters. The number of aromatic nitrogens is 1. The van der Waals surface area contributed by atoms with Gasteiger partial charge in [-0.3, -0.25) is 0 Å². The van der Waals surface area contributed by atoms with Crippen molar-refractivity contribution in [3.63, 3.8) is 0 Å². The second kappa shape index (κ2) is 6.05. The quantitative estimate of drug-likeness (QED) is 0.919. The third-order valence-corrected chi connectivity index (χ3v) is 6.70. The number of hydrogen-bond acceptors (Lipinski definition) is 5. The number of nitrogens with zero attached hydrogens (tertiary/aromatic N) is 2. The van der Waals surface area contributed by atoms with Crippen LogP contribution in [0.15, 0.2) is 4.21 Å². The molecule has 0 aliphatic carbocycles. The monoisotopic (exact) mass is 323 g/mol. The van der Waals surface area contributed by atoms with Gasteiger partial charge in [0, 0.05) is 12.6 Å². The topological polar surface area (TPSA) is 62.3 Å². The zero-order valence-electron chi connectivity index (χ0n) is 11.0. The van der Waals surface area contributed by atoms with E-state index in [1.165, 1.54) is 6.42 Å². The highest BCUT2D eigenvalue weighted by Gasteiger charge is 2.25. The standard InChI is InChI=1S/C11H18ClN3O2S2/c1-8-10(18-11(12)14-8)19(16,17)13-7-9-5-3-4-6-15(9)2/h9,13H,3-7H2,1-2H3. The van der Waals surface area contributed by atoms with Crippen molar-refractivity contribution in [2.75, 3.05) is 20.1 Å². The van der Waals surface area contributed by atoms with Crippen LogP contribution in [0.2, 0.25) is 4.47 Å². The van der Waals surface area contributed by atoms with E-state index in [1.54, 1.807) is 6.92 Å². The van der Waals surface area contributed by atoms with E-state index >= 15 is 0 Å². The summed E-state index contributed by atoms with van der Waals surface area (Å²) < 4.78 is 27.5. The van der Waals surface area contributed by atoms with Gasteiger partial charge in [0.25, 0.3) is 10.0 Å². The summed E-state index contributed by atoms with van der Waals surface area (Å²) in [7, 11) is -1.46. The SMILES string of the molecule is Cc1nc(Cl)sc1S(=O)(=O)NCC1CCCCN1C. The highest BCUT2D eigenvalue weighted by atomic mass is 35.5. The summed E-state index contributed by atoms with van der Waals surface area (Å²) in [5, 5.41) is 0. The lowest BCUT2D eigenvalue weighted by Crippen LogP contribution is -2.44. The molecule has 1 N–H and O–H groups in total. The number of halogens is 1. The second-order valence-electron chi connectivity index (χ2n) is 4.82. The van der Waals surface area contributed by atoms with Crippen molar-refractivity contribution in [1.29, 1.82) is 0 Å². The average molecular weight is 324 g/mol. The Balaban J connectivity index is 2.03. The first kappa shape index (κ1) is 15.2. The van der Waals surface area contributed by atoms with Gasteiger partial charge in [0.15, 0.2) is 8.68 Å². The number of likely N-dealkylation sites (N-methyl/N-ethyl adjacent to an activating group) is 1. The Morgan fingerprint density at radius 2 is 2.26 bits per heavy atom. The molecule has 1 aromatic heterocycles. The first-order valence-electron chi connectivity index (χ1n) is 6.23. The zero-order chi connectivity index (χ0) is 14.0. The molecular weight excluding hydrogens is 306 g/mol. The summed E-state index contributed by atoms with van der Waals surface area (Å²) in [6.45, 7) is 3.12. The lowest BCUT2D eigenvalue weighted by atomic mass is 10.0. The van der Waals surface area contributed by atoms with Crippen LogP contribution in [0.25, 0.3) is 0 Å². The number of hydrogen-bond donors (Lipinski definition) is 1. The number of thiazole rings is 1. The van der Waals surface area contributed by atoms with Gasteiger partial charge >= 0.3 is 0 Å². The molecule has 2 rings (SSSR count). The Morgan fingerprint density at radius 1 is 1.53 bits per heavy atom. The molecule has 5 nitrogen and oxygen atoms in total. The molecule has 0 bridgehead atoms. The van der Waals surface area contributed by atoms with Gasteiger partial charge in [0.05, 0.1) is 5.69 Å². The first-order valence-corrected chi connectivity index (χ1v) is 8.91. The van der Waals surface area contributed by atoms with E-state index in [0.29, 0.717) is 12.2 Å². The maximum atomic E-state index is 12.2. The minimum Gasteiger partial charge on any atom is -0.302 e. The van der Waals surface area contributed by atoms with Gasteiger partial charge < -0.3 is 4.90 Å². The Labute approximate surface area is 123 Å². The molecule has 1 saturated heterocycles. The number of piperidine rings is 1. The van der Waals surface area contributed by atoms with Crippen LogP contribution in [-0.4, -0.2) is 44.5 Å². The van der Waals surface area contributed by atoms with Gasteiger partial charge in [-0.15, -0.1) is 0 Å². The van der Waals surface area contributed by atoms with Gasteiger partial charge in [-0.05, 0) is 33.4 Å². The number of nitrogens with one attached hydrogen (secondary N) is 1. The second-order valence-corrected chi connectivity index (χ2v) is 8.37. The van der Waals surface area contributed by atoms with Gasteiger partial charge in [0.1, 0.15) is 0 Å². The van der Waals surface area contributed by atoms with Crippen molar-refractivity contribution in [2.45, 2.75) is 36.4 Å². The van der Waals surface area contributed by atoms with Crippen molar-refractivity contribution in [3.05, 3.63) is 10.2 Å². The molecular formula is C11H18ClN3O2S2. The van der Waals surface area contributed by atoms with Gasteiger partial charge in [0.2, 0.25) is 0 Å². The summed E-state index contributed by atoms with van der Waals surface area (Å²) in [5.74, 6) is 0. The molecule has 1 atom stereocenters. The summed E-state index contributed by atoms with van der Waals surface area (Å²) in [6, 6.07) is 0.271. The van der Waals surface area contributed by atoms with E-state index in [2.05, 4.69) is 14.6 Å². The largest absolute Gasteiger partial charge is 0.302 e. The summed E-state index contributed by atoms with van der Waals surface area (Å²) in [6.07, 6.45) is 3.37. The van der Waals surface area contributed by atoms with Crippen LogP contribution in [0.5, 0.6) is 0 Å². The Morgan fingerprint density at radius 3 is 2.84 bits per heavy atom. The predicted molar refractivity (Wildman–Crippen MR) is 77.3 cm³/mol. The van der Waals surface area contributed by atoms with Crippen LogP contribution in [0, 0.1) is 6.92 Å². The van der Waals surface area contributed by atoms with Crippen LogP contribution in [0.1, 0.15) is 25.0 Å². The molecule has 0 amide bonds. The molecule has 0 radical (unpaired) electrons. The molecule has 2 heterocycles. The van der Waals surface area contributed by atoms with Crippen LogP contribution in [-0.2, 0) is 10.0 Å². The molecule has 1 fully saturated rings. The smallest absolute Gasteiger partial charge is 0.252 e. The summed E-state index contributed by atoms with van der Waals surface area (Å²) >= 11 is 6.75. The molecule has 19 heavy (non-hydrogen) atoms. The van der Waals surface area contributed by atoms with Gasteiger partial charge in [-0.1, -0.05) is 29.4 Å². The molecule has 1 aliphatic rings. The van der Waals surface area contributed by atoms with Crippen molar-refractivity contribution in [2.24, 2.45) is 0 Å². The number of aryl methyl sites for hydroxylation is 1. The van der Waals surface area contributed by atoms with Gasteiger partial charge in [-0.2, -0.15) is 0 Å². The van der Waals surface area contributed by atoms with Crippen molar-refractivity contribution in [1.82, 2.24) is 14.6 Å². The lowest BCUT2D eigenvalue weighted by molar-refractivity contribution is 0.187. The van der Waals surface area contributed by atoms with Crippen LogP contribution >= 0.6 is 22.9 Å². The van der Waals surface area contributed by atoms with Crippen LogP contribution in [0.3, 0.4) is 0 Å². The van der Waals surface area contributed by atoms with E-state index in [1.807, 2.05) is 7.05 Å². The lowest BCUT2D eigenvalue weighted by Gasteiger charge is -2.32. The highest BCUT2D eigenvalue weighted by molar-refractivity contribution is 7.91. The van der Waals surface area contributed by atoms with E-state index in [4.69, 9.17) is 11.6 Å². The van der Waals surface area contributed by atoms with E-state index in [-0.39, 0.29) is 14.7 Å². The highest BCUT2D eigenvalue weighted by Crippen LogP contribution is 2.26. The van der Waals surface area contributed by atoms with E-state index < -0.39 is 10.0 Å². The summed E-state index contributed by atoms with van der Waals surface area (Å²) in [5.41, 5.74) is 0.458. The third kappa shape index (κ3) is 3.66. The minimum absolute atomic E-state index is 0.218. The van der Waals surface area contributed by atoms with E-state index in [0.717, 1.165) is 30.7 Å². The fourth-order valence-electron chi connectivity index (χ4n) is 2.27. The van der Waals surface area contributed by atoms with Crippen LogP contribution < -0.4 is 4.72 Å². The Kier molecular flexibility index (Phi) is 4.84. The fraction of sp³-hybridized carbons (Fsp3) is 0.727. The number of sulfonamides is 1. The normalized spacial score (nSPS) is 21.7. The molecule has 108 valence electrons. The van der Waals surface area contributed by atoms with Crippen molar-refractivity contribution in [3.8, 4) is 0 Å². The molecule has 8 heteroatoms. The summed E-state index contributed by atoms with van der Waals surface area (Å²) in [4.78, 5) is 6.15. The Hall–Kier alpha value is -0.210. The predicted octanol–water partition coefficient (Wildman–Crippen LogP) is 1.87. The first-order chi connectivity index (χ1) is 8.90. The minimum atomic E-state index is -3.50. The number of likely N-dealkylation sites (tertiary alicyclic amines) is 1. The molecule has 1 aliphatic heterocycles. The van der Waals surface area contributed by atoms with Crippen molar-refractivity contribution < 1.29 is 8.42 Å². The van der Waals surface area contributed by atoms with Crippen molar-refractivity contribution >= 4 is 33.0 Å². The molecule has 0 saturated carbocycles. The third-order valence-electron chi connectivity index (χ3n) is 3.40. The Bertz CT molecular complexity index is 544. The average Bonchev–Trinajstić information content (AvgIpc) is 2.68. The number of rotatable bonds is 4. The maximum Gasteiger partial charge on any atom is 0.252 e. The molecule has 1 aromatic rings. The maximum absolute atomic E-state index is 12.2. The van der Waals surface area contributed by atoms with Crippen LogP contribution in [0.4, 0.5) is 0 Å². The van der Waals surface area contributed by atoms with Gasteiger partial charge in [-0.25, -0.2) is 18.1 Å².